The van der Waals surface area contributed by atoms with E-state index in [1.165, 1.54) is 0 Å². The number of nitrogens with one attached hydrogen (secondary N) is 3. The van der Waals surface area contributed by atoms with Crippen molar-refractivity contribution < 1.29 is 14.3 Å². The van der Waals surface area contributed by atoms with Gasteiger partial charge in [0.25, 0.3) is 5.91 Å². The van der Waals surface area contributed by atoms with Crippen LogP contribution in [-0.4, -0.2) is 16.9 Å². The molecule has 0 saturated heterocycles. The second kappa shape index (κ2) is 11.5. The number of rotatable bonds is 7. The Morgan fingerprint density at radius 3 is 2.10 bits per heavy atom. The van der Waals surface area contributed by atoms with Crippen LogP contribution >= 0.6 is 12.2 Å². The van der Waals surface area contributed by atoms with Crippen molar-refractivity contribution in [3.63, 3.8) is 0 Å². The minimum atomic E-state index is -0.426. The SMILES string of the molecule is O=C(CCc1ccccc1)NC(=S)NNC(=O)c1ccccc1OCc1ccccc1. The summed E-state index contributed by atoms with van der Waals surface area (Å²) in [7, 11) is 0. The number of carbonyl (C=O) groups is 2. The van der Waals surface area contributed by atoms with Crippen LogP contribution in [0.4, 0.5) is 0 Å². The van der Waals surface area contributed by atoms with Gasteiger partial charge in [0, 0.05) is 6.42 Å². The molecule has 6 nitrogen and oxygen atoms in total. The number of hydrogen-bond donors (Lipinski definition) is 3. The summed E-state index contributed by atoms with van der Waals surface area (Å²) < 4.78 is 5.80. The first-order valence-corrected chi connectivity index (χ1v) is 10.2. The van der Waals surface area contributed by atoms with Gasteiger partial charge in [-0.1, -0.05) is 72.8 Å². The number of benzene rings is 3. The number of aryl methyl sites for hydroxylation is 1. The molecule has 158 valence electrons. The lowest BCUT2D eigenvalue weighted by atomic mass is 10.1. The second-order valence-corrected chi connectivity index (χ2v) is 7.12. The molecule has 0 heterocycles. The van der Waals surface area contributed by atoms with E-state index in [1.807, 2.05) is 60.7 Å². The lowest BCUT2D eigenvalue weighted by molar-refractivity contribution is -0.119. The molecular weight excluding hydrogens is 410 g/mol. The Balaban J connectivity index is 1.46. The first-order chi connectivity index (χ1) is 15.1. The average molecular weight is 434 g/mol. The highest BCUT2D eigenvalue weighted by molar-refractivity contribution is 7.80. The van der Waals surface area contributed by atoms with Crippen LogP contribution < -0.4 is 20.9 Å². The zero-order chi connectivity index (χ0) is 21.9. The monoisotopic (exact) mass is 433 g/mol. The topological polar surface area (TPSA) is 79.5 Å². The number of amides is 2. The standard InChI is InChI=1S/C24H23N3O3S/c28-22(16-15-18-9-3-1-4-10-18)25-24(31)27-26-23(29)20-13-7-8-14-21(20)30-17-19-11-5-2-6-12-19/h1-14H,15-17H2,(H,26,29)(H2,25,27,28,31). The number of carbonyl (C=O) groups excluding carboxylic acids is 2. The largest absolute Gasteiger partial charge is 0.488 e. The third-order valence-corrected chi connectivity index (χ3v) is 4.60. The smallest absolute Gasteiger partial charge is 0.273 e. The van der Waals surface area contributed by atoms with Gasteiger partial charge in [-0.15, -0.1) is 0 Å². The third kappa shape index (κ3) is 7.24. The zero-order valence-corrected chi connectivity index (χ0v) is 17.7. The van der Waals surface area contributed by atoms with E-state index in [-0.39, 0.29) is 17.4 Å². The number of thiocarbonyl (C=S) groups is 1. The molecule has 0 atom stereocenters. The Morgan fingerprint density at radius 2 is 1.39 bits per heavy atom. The fourth-order valence-electron chi connectivity index (χ4n) is 2.82. The number of hydrogen-bond acceptors (Lipinski definition) is 4. The van der Waals surface area contributed by atoms with Gasteiger partial charge in [-0.2, -0.15) is 0 Å². The first-order valence-electron chi connectivity index (χ1n) is 9.81. The normalized spacial score (nSPS) is 10.1. The lowest BCUT2D eigenvalue weighted by Crippen LogP contribution is -2.48. The molecule has 0 unspecified atom stereocenters. The second-order valence-electron chi connectivity index (χ2n) is 6.71. The van der Waals surface area contributed by atoms with Gasteiger partial charge in [0.15, 0.2) is 5.11 Å². The summed E-state index contributed by atoms with van der Waals surface area (Å²) in [4.78, 5) is 24.6. The molecule has 3 N–H and O–H groups in total. The maximum absolute atomic E-state index is 12.6. The minimum Gasteiger partial charge on any atom is -0.488 e. The van der Waals surface area contributed by atoms with Gasteiger partial charge in [-0.25, -0.2) is 0 Å². The third-order valence-electron chi connectivity index (χ3n) is 4.39. The van der Waals surface area contributed by atoms with E-state index in [9.17, 15) is 9.59 Å². The maximum atomic E-state index is 12.6. The van der Waals surface area contributed by atoms with Crippen molar-refractivity contribution in [2.75, 3.05) is 0 Å². The van der Waals surface area contributed by atoms with Crippen molar-refractivity contribution >= 4 is 29.1 Å². The van der Waals surface area contributed by atoms with E-state index >= 15 is 0 Å². The van der Waals surface area contributed by atoms with E-state index in [4.69, 9.17) is 17.0 Å². The molecule has 0 aromatic heterocycles. The van der Waals surface area contributed by atoms with Crippen LogP contribution in [0, 0.1) is 0 Å². The Labute approximate surface area is 186 Å². The Kier molecular flexibility index (Phi) is 8.13. The minimum absolute atomic E-state index is 0.0223. The van der Waals surface area contributed by atoms with Gasteiger partial charge in [0.05, 0.1) is 5.56 Å². The summed E-state index contributed by atoms with van der Waals surface area (Å²) in [5, 5.41) is 2.58. The molecule has 7 heteroatoms. The zero-order valence-electron chi connectivity index (χ0n) is 16.8. The van der Waals surface area contributed by atoms with Crippen molar-refractivity contribution in [3.05, 3.63) is 102 Å². The van der Waals surface area contributed by atoms with E-state index in [0.29, 0.717) is 24.3 Å². The molecule has 0 spiro atoms. The molecule has 2 amide bonds. The molecule has 0 aliphatic rings. The van der Waals surface area contributed by atoms with E-state index < -0.39 is 5.91 Å². The van der Waals surface area contributed by atoms with Gasteiger partial charge < -0.3 is 10.1 Å². The van der Waals surface area contributed by atoms with E-state index in [0.717, 1.165) is 11.1 Å². The lowest BCUT2D eigenvalue weighted by Gasteiger charge is -2.13. The van der Waals surface area contributed by atoms with Crippen LogP contribution in [0.15, 0.2) is 84.9 Å². The number of hydrazine groups is 1. The molecule has 0 fully saturated rings. The van der Waals surface area contributed by atoms with Crippen molar-refractivity contribution in [1.82, 2.24) is 16.2 Å². The Bertz CT molecular complexity index is 1030. The Morgan fingerprint density at radius 1 is 0.774 bits per heavy atom. The highest BCUT2D eigenvalue weighted by atomic mass is 32.1. The Hall–Kier alpha value is -3.71. The van der Waals surface area contributed by atoms with E-state index in [1.54, 1.807) is 24.3 Å². The first kappa shape index (κ1) is 22.0. The fraction of sp³-hybridized carbons (Fsp3) is 0.125. The highest BCUT2D eigenvalue weighted by Crippen LogP contribution is 2.19. The maximum Gasteiger partial charge on any atom is 0.273 e. The molecule has 0 radical (unpaired) electrons. The molecule has 3 aromatic carbocycles. The summed E-state index contributed by atoms with van der Waals surface area (Å²) in [5.41, 5.74) is 7.46. The van der Waals surface area contributed by atoms with Crippen LogP contribution in [0.5, 0.6) is 5.75 Å². The fourth-order valence-corrected chi connectivity index (χ4v) is 2.98. The van der Waals surface area contributed by atoms with E-state index in [2.05, 4.69) is 16.2 Å². The molecular formula is C24H23N3O3S. The van der Waals surface area contributed by atoms with Gasteiger partial charge in [0.2, 0.25) is 5.91 Å². The van der Waals surface area contributed by atoms with Gasteiger partial charge in [-0.05, 0) is 41.9 Å². The summed E-state index contributed by atoms with van der Waals surface area (Å²) in [6.07, 6.45) is 0.893. The van der Waals surface area contributed by atoms with Crippen LogP contribution in [0.2, 0.25) is 0 Å². The number of para-hydroxylation sites is 1. The molecule has 31 heavy (non-hydrogen) atoms. The van der Waals surface area contributed by atoms with Crippen molar-refractivity contribution in [1.29, 1.82) is 0 Å². The molecule has 0 bridgehead atoms. The summed E-state index contributed by atoms with van der Waals surface area (Å²) >= 11 is 5.09. The predicted octanol–water partition coefficient (Wildman–Crippen LogP) is 3.53. The summed E-state index contributed by atoms with van der Waals surface area (Å²) in [5.74, 6) is -0.213. The van der Waals surface area contributed by atoms with Crippen molar-refractivity contribution in [3.8, 4) is 5.75 Å². The molecule has 0 aliphatic carbocycles. The quantitative estimate of drug-likeness (QED) is 0.392. The van der Waals surface area contributed by atoms with Crippen molar-refractivity contribution in [2.24, 2.45) is 0 Å². The van der Waals surface area contributed by atoms with Crippen LogP contribution in [-0.2, 0) is 17.8 Å². The van der Waals surface area contributed by atoms with Crippen LogP contribution in [0.25, 0.3) is 0 Å². The van der Waals surface area contributed by atoms with Gasteiger partial charge >= 0.3 is 0 Å². The predicted molar refractivity (Wildman–Crippen MR) is 123 cm³/mol. The van der Waals surface area contributed by atoms with Crippen LogP contribution in [0.1, 0.15) is 27.9 Å². The summed E-state index contributed by atoms with van der Waals surface area (Å²) in [6, 6.07) is 26.3. The molecule has 0 saturated carbocycles. The van der Waals surface area contributed by atoms with Crippen LogP contribution in [0.3, 0.4) is 0 Å². The number of ether oxygens (including phenoxy) is 1. The molecule has 3 aromatic rings. The average Bonchev–Trinajstić information content (AvgIpc) is 2.81. The highest BCUT2D eigenvalue weighted by Gasteiger charge is 2.13. The van der Waals surface area contributed by atoms with Gasteiger partial charge in [0.1, 0.15) is 12.4 Å². The summed E-state index contributed by atoms with van der Waals surface area (Å²) in [6.45, 7) is 0.342. The van der Waals surface area contributed by atoms with Crippen molar-refractivity contribution in [2.45, 2.75) is 19.4 Å². The molecule has 3 rings (SSSR count). The van der Waals surface area contributed by atoms with Gasteiger partial charge in [-0.3, -0.25) is 20.4 Å². The molecule has 0 aliphatic heterocycles.